The molecule has 6 aliphatic rings. The highest BCUT2D eigenvalue weighted by atomic mass is 32.1. The van der Waals surface area contributed by atoms with Crippen LogP contribution in [0.25, 0.3) is 10.1 Å². The van der Waals surface area contributed by atoms with Crippen LogP contribution in [0.3, 0.4) is 0 Å². The molecule has 4 heteroatoms. The minimum atomic E-state index is -0.0887. The molecule has 0 spiro atoms. The summed E-state index contributed by atoms with van der Waals surface area (Å²) in [5.41, 5.74) is 25.3. The first kappa shape index (κ1) is 44.9. The molecule has 2 nitrogen and oxygen atoms in total. The molecular weight excluding hydrogens is 840 g/mol. The quantitative estimate of drug-likeness (QED) is 0.159. The van der Waals surface area contributed by atoms with Crippen molar-refractivity contribution < 1.29 is 0 Å². The van der Waals surface area contributed by atoms with Crippen LogP contribution in [0.4, 0.5) is 34.1 Å². The van der Waals surface area contributed by atoms with Gasteiger partial charge in [-0.15, -0.1) is 11.3 Å². The van der Waals surface area contributed by atoms with Crippen molar-refractivity contribution in [3.63, 3.8) is 0 Å². The molecule has 2 atom stereocenters. The van der Waals surface area contributed by atoms with E-state index in [4.69, 9.17) is 0 Å². The van der Waals surface area contributed by atoms with Crippen LogP contribution in [-0.2, 0) is 43.3 Å². The maximum Gasteiger partial charge on any atom is 0.264 e. The van der Waals surface area contributed by atoms with E-state index >= 15 is 0 Å². The SMILES string of the molecule is Cc1cc2c(cc1N1c3ccc(C(C)(C)C)cc3B3c4sc5cc6c(cc5c4N(c4ccc5c(c4)C(C)(C)CCC5(C)C)c4cc(C(C)(C)C)cc1c43)C1(C)CCC6(C)C1)C(C)(C)CCC2(C)C. The standard InChI is InChI=1S/C64H77BN2S/c1-37-28-43-45(62(14,15)25-24-60(43,10)11)34-50(37)67-49-21-18-38(57(2,3)4)29-48(49)65-54-51(30-39(31-52(54)67)58(5,6)7)66(40-19-20-42-44(32-40)61(12,13)23-22-59(42,8)9)55-41-33-46-47(35-53(41)68-56(55)65)64(17)27-26-63(46,16)36-64/h18-21,28-35H,22-27,36H2,1-17H3. The Morgan fingerprint density at radius 1 is 0.485 bits per heavy atom. The van der Waals surface area contributed by atoms with Gasteiger partial charge in [-0.1, -0.05) is 135 Å². The number of fused-ring (bicyclic) bond motifs is 13. The number of hydrogen-bond acceptors (Lipinski definition) is 3. The van der Waals surface area contributed by atoms with Crippen molar-refractivity contribution in [3.8, 4) is 0 Å². The molecule has 0 saturated heterocycles. The van der Waals surface area contributed by atoms with Gasteiger partial charge < -0.3 is 9.80 Å². The van der Waals surface area contributed by atoms with Crippen molar-refractivity contribution in [1.82, 2.24) is 0 Å². The summed E-state index contributed by atoms with van der Waals surface area (Å²) in [6.07, 6.45) is 8.66. The van der Waals surface area contributed by atoms with Gasteiger partial charge in [0.05, 0.1) is 5.69 Å². The Labute approximate surface area is 414 Å². The third-order valence-electron chi connectivity index (χ3n) is 19.3. The molecule has 3 heterocycles. The summed E-state index contributed by atoms with van der Waals surface area (Å²) in [5, 5.41) is 1.44. The second-order valence-electron chi connectivity index (χ2n) is 28.3. The van der Waals surface area contributed by atoms with Gasteiger partial charge in [-0.3, -0.25) is 0 Å². The molecule has 12 rings (SSSR count). The fourth-order valence-corrected chi connectivity index (χ4v) is 16.0. The van der Waals surface area contributed by atoms with E-state index in [0.29, 0.717) is 0 Å². The molecule has 2 aliphatic heterocycles. The van der Waals surface area contributed by atoms with Crippen LogP contribution in [0.1, 0.15) is 206 Å². The lowest BCUT2D eigenvalue weighted by molar-refractivity contribution is 0.332. The molecule has 4 aliphatic carbocycles. The number of anilines is 6. The summed E-state index contributed by atoms with van der Waals surface area (Å²) in [6, 6.07) is 31.1. The number of benzene rings is 5. The number of aryl methyl sites for hydroxylation is 1. The van der Waals surface area contributed by atoms with Gasteiger partial charge in [0.25, 0.3) is 6.71 Å². The van der Waals surface area contributed by atoms with Crippen molar-refractivity contribution in [3.05, 3.63) is 123 Å². The Hall–Kier alpha value is -4.28. The predicted molar refractivity (Wildman–Crippen MR) is 297 cm³/mol. The average Bonchev–Trinajstić information content (AvgIpc) is 3.86. The smallest absolute Gasteiger partial charge is 0.264 e. The van der Waals surface area contributed by atoms with Gasteiger partial charge in [0.2, 0.25) is 0 Å². The zero-order valence-corrected chi connectivity index (χ0v) is 45.6. The van der Waals surface area contributed by atoms with Crippen LogP contribution in [0.2, 0.25) is 0 Å². The van der Waals surface area contributed by atoms with Gasteiger partial charge in [0.15, 0.2) is 0 Å². The van der Waals surface area contributed by atoms with E-state index in [1.54, 1.807) is 11.1 Å². The van der Waals surface area contributed by atoms with Crippen LogP contribution >= 0.6 is 11.3 Å². The van der Waals surface area contributed by atoms with E-state index < -0.39 is 0 Å². The van der Waals surface area contributed by atoms with E-state index in [9.17, 15) is 0 Å². The van der Waals surface area contributed by atoms with Crippen LogP contribution in [0.15, 0.2) is 72.8 Å². The van der Waals surface area contributed by atoms with E-state index in [0.717, 1.165) is 0 Å². The topological polar surface area (TPSA) is 6.48 Å². The van der Waals surface area contributed by atoms with Crippen molar-refractivity contribution in [1.29, 1.82) is 0 Å². The summed E-state index contributed by atoms with van der Waals surface area (Å²) in [4.78, 5) is 5.53. The van der Waals surface area contributed by atoms with Crippen molar-refractivity contribution in [2.24, 2.45) is 0 Å². The maximum absolute atomic E-state index is 2.79. The predicted octanol–water partition coefficient (Wildman–Crippen LogP) is 16.3. The second-order valence-corrected chi connectivity index (χ2v) is 29.3. The molecule has 352 valence electrons. The minimum absolute atomic E-state index is 0.00518. The summed E-state index contributed by atoms with van der Waals surface area (Å²) < 4.78 is 2.95. The lowest BCUT2D eigenvalue weighted by atomic mass is 9.36. The van der Waals surface area contributed by atoms with Gasteiger partial charge in [-0.25, -0.2) is 0 Å². The van der Waals surface area contributed by atoms with Crippen LogP contribution in [0.5, 0.6) is 0 Å². The summed E-state index contributed by atoms with van der Waals surface area (Å²) in [6.45, 7) is 41.9. The Balaban J connectivity index is 1.22. The zero-order chi connectivity index (χ0) is 48.4. The van der Waals surface area contributed by atoms with Crippen molar-refractivity contribution >= 4 is 78.0 Å². The first-order valence-electron chi connectivity index (χ1n) is 26.4. The Bertz CT molecular complexity index is 3200. The Morgan fingerprint density at radius 2 is 1.03 bits per heavy atom. The molecule has 1 fully saturated rings. The second kappa shape index (κ2) is 13.6. The molecular formula is C64H77BN2S. The molecule has 0 amide bonds. The lowest BCUT2D eigenvalue weighted by Gasteiger charge is -2.47. The fourth-order valence-electron chi connectivity index (χ4n) is 14.7. The molecule has 1 saturated carbocycles. The largest absolute Gasteiger partial charge is 0.311 e. The van der Waals surface area contributed by atoms with Crippen molar-refractivity contribution in [2.45, 2.75) is 206 Å². The van der Waals surface area contributed by atoms with E-state index in [1.165, 1.54) is 144 Å². The van der Waals surface area contributed by atoms with Crippen LogP contribution < -0.4 is 25.5 Å². The van der Waals surface area contributed by atoms with Crippen molar-refractivity contribution in [2.75, 3.05) is 9.80 Å². The highest BCUT2D eigenvalue weighted by Crippen LogP contribution is 2.62. The molecule has 0 N–H and O–H groups in total. The molecule has 1 aromatic heterocycles. The highest BCUT2D eigenvalue weighted by Gasteiger charge is 2.54. The first-order valence-corrected chi connectivity index (χ1v) is 27.2. The normalized spacial score (nSPS) is 24.3. The molecule has 2 unspecified atom stereocenters. The number of thiophene rings is 1. The maximum atomic E-state index is 2.79. The van der Waals surface area contributed by atoms with Gasteiger partial charge in [-0.2, -0.15) is 0 Å². The van der Waals surface area contributed by atoms with E-state index in [-0.39, 0.29) is 50.0 Å². The van der Waals surface area contributed by atoms with Gasteiger partial charge >= 0.3 is 0 Å². The van der Waals surface area contributed by atoms with E-state index in [1.807, 2.05) is 0 Å². The molecule has 2 bridgehead atoms. The van der Waals surface area contributed by atoms with E-state index in [2.05, 4.69) is 212 Å². The molecule has 68 heavy (non-hydrogen) atoms. The summed E-state index contributed by atoms with van der Waals surface area (Å²) in [7, 11) is 0. The fraction of sp³-hybridized carbons (Fsp3) is 0.500. The number of hydrogen-bond donors (Lipinski definition) is 0. The average molecular weight is 917 g/mol. The van der Waals surface area contributed by atoms with Crippen LogP contribution in [-0.4, -0.2) is 6.71 Å². The third-order valence-corrected chi connectivity index (χ3v) is 20.6. The minimum Gasteiger partial charge on any atom is -0.311 e. The highest BCUT2D eigenvalue weighted by molar-refractivity contribution is 7.33. The van der Waals surface area contributed by atoms with Gasteiger partial charge in [-0.05, 0) is 205 Å². The summed E-state index contributed by atoms with van der Waals surface area (Å²) >= 11 is 2.10. The van der Waals surface area contributed by atoms with Gasteiger partial charge in [0, 0.05) is 43.3 Å². The Kier molecular flexibility index (Phi) is 8.96. The molecule has 0 radical (unpaired) electrons. The molecule has 6 aromatic rings. The third kappa shape index (κ3) is 6.13. The number of nitrogens with zero attached hydrogens (tertiary/aromatic N) is 2. The Morgan fingerprint density at radius 3 is 1.63 bits per heavy atom. The zero-order valence-electron chi connectivity index (χ0n) is 44.8. The lowest BCUT2D eigenvalue weighted by Crippen LogP contribution is -2.60. The van der Waals surface area contributed by atoms with Crippen LogP contribution in [0, 0.1) is 6.92 Å². The summed E-state index contributed by atoms with van der Waals surface area (Å²) in [5.74, 6) is 0. The monoisotopic (exact) mass is 917 g/mol. The van der Waals surface area contributed by atoms with Gasteiger partial charge in [0.1, 0.15) is 0 Å². The number of rotatable bonds is 2. The molecule has 5 aromatic carbocycles. The first-order chi connectivity index (χ1) is 31.5.